The number of aliphatic imine (C=N–C) groups is 1. The molecule has 1 aromatic rings. The Labute approximate surface area is 189 Å². The van der Waals surface area contributed by atoms with Crippen LogP contribution in [0.5, 0.6) is 0 Å². The lowest BCUT2D eigenvalue weighted by Crippen LogP contribution is -2.42. The summed E-state index contributed by atoms with van der Waals surface area (Å²) in [7, 11) is 1.74. The summed E-state index contributed by atoms with van der Waals surface area (Å²) in [6.07, 6.45) is 3.53. The molecule has 1 aliphatic heterocycles. The molecule has 27 heavy (non-hydrogen) atoms. The summed E-state index contributed by atoms with van der Waals surface area (Å²) in [6, 6.07) is 5.77. The zero-order chi connectivity index (χ0) is 19.1. The minimum absolute atomic E-state index is 0. The van der Waals surface area contributed by atoms with Gasteiger partial charge in [0.05, 0.1) is 6.04 Å². The van der Waals surface area contributed by atoms with Crippen molar-refractivity contribution in [2.75, 3.05) is 20.1 Å². The number of rotatable bonds is 7. The molecule has 0 bridgehead atoms. The highest BCUT2D eigenvalue weighted by Crippen LogP contribution is 2.26. The van der Waals surface area contributed by atoms with Gasteiger partial charge in [-0.2, -0.15) is 0 Å². The van der Waals surface area contributed by atoms with E-state index >= 15 is 0 Å². The number of guanidine groups is 1. The van der Waals surface area contributed by atoms with Crippen LogP contribution >= 0.6 is 47.2 Å². The van der Waals surface area contributed by atoms with E-state index in [1.807, 2.05) is 24.0 Å². The van der Waals surface area contributed by atoms with Crippen molar-refractivity contribution in [2.24, 2.45) is 4.99 Å². The van der Waals surface area contributed by atoms with Gasteiger partial charge in [-0.15, -0.1) is 24.0 Å². The minimum Gasteiger partial charge on any atom is -0.356 e. The molecule has 8 heteroatoms. The van der Waals surface area contributed by atoms with Crippen LogP contribution in [-0.4, -0.2) is 42.9 Å². The topological polar surface area (TPSA) is 56.7 Å². The van der Waals surface area contributed by atoms with Crippen LogP contribution in [0.25, 0.3) is 0 Å². The minimum atomic E-state index is -0.00639. The molecule has 0 aliphatic carbocycles. The molecule has 1 heterocycles. The van der Waals surface area contributed by atoms with Gasteiger partial charge in [-0.3, -0.25) is 9.79 Å². The highest BCUT2D eigenvalue weighted by atomic mass is 127. The third-order valence-corrected chi connectivity index (χ3v) is 5.36. The summed E-state index contributed by atoms with van der Waals surface area (Å²) in [6.45, 7) is 5.80. The van der Waals surface area contributed by atoms with Gasteiger partial charge in [0.2, 0.25) is 5.91 Å². The van der Waals surface area contributed by atoms with Gasteiger partial charge in [-0.05, 0) is 43.9 Å². The number of likely N-dealkylation sites (tertiary alicyclic amines) is 1. The lowest BCUT2D eigenvalue weighted by molar-refractivity contribution is -0.129. The van der Waals surface area contributed by atoms with E-state index in [9.17, 15) is 4.79 Å². The normalized spacial score (nSPS) is 16.7. The predicted molar refractivity (Wildman–Crippen MR) is 124 cm³/mol. The van der Waals surface area contributed by atoms with Crippen LogP contribution < -0.4 is 10.6 Å². The van der Waals surface area contributed by atoms with Crippen molar-refractivity contribution in [3.8, 4) is 0 Å². The molecule has 152 valence electrons. The summed E-state index contributed by atoms with van der Waals surface area (Å²) in [5.74, 6) is 0.997. The first kappa shape index (κ1) is 24.3. The van der Waals surface area contributed by atoms with Crippen molar-refractivity contribution in [1.82, 2.24) is 15.5 Å². The fourth-order valence-corrected chi connectivity index (χ4v) is 3.89. The fraction of sp³-hybridized carbons (Fsp3) is 0.579. The van der Waals surface area contributed by atoms with Crippen molar-refractivity contribution in [3.05, 3.63) is 33.8 Å². The van der Waals surface area contributed by atoms with Gasteiger partial charge in [-0.25, -0.2) is 0 Å². The van der Waals surface area contributed by atoms with E-state index in [1.165, 1.54) is 0 Å². The highest BCUT2D eigenvalue weighted by molar-refractivity contribution is 14.0. The van der Waals surface area contributed by atoms with Crippen molar-refractivity contribution >= 4 is 59.0 Å². The summed E-state index contributed by atoms with van der Waals surface area (Å²) in [5, 5.41) is 7.93. The Morgan fingerprint density at radius 1 is 1.37 bits per heavy atom. The monoisotopic (exact) mass is 526 g/mol. The lowest BCUT2D eigenvalue weighted by atomic mass is 10.1. The molecule has 1 amide bonds. The van der Waals surface area contributed by atoms with Crippen molar-refractivity contribution in [1.29, 1.82) is 0 Å². The summed E-state index contributed by atoms with van der Waals surface area (Å²) >= 11 is 12.2. The average molecular weight is 527 g/mol. The van der Waals surface area contributed by atoms with Crippen LogP contribution in [0.3, 0.4) is 0 Å². The molecule has 1 fully saturated rings. The molecule has 1 saturated heterocycles. The number of halogens is 3. The van der Waals surface area contributed by atoms with E-state index in [4.69, 9.17) is 23.2 Å². The zero-order valence-electron chi connectivity index (χ0n) is 16.1. The maximum atomic E-state index is 11.9. The maximum Gasteiger partial charge on any atom is 0.222 e. The highest BCUT2D eigenvalue weighted by Gasteiger charge is 2.26. The van der Waals surface area contributed by atoms with Gasteiger partial charge in [-0.1, -0.05) is 36.2 Å². The lowest BCUT2D eigenvalue weighted by Gasteiger charge is -2.27. The second kappa shape index (κ2) is 12.0. The van der Waals surface area contributed by atoms with Crippen LogP contribution in [0, 0.1) is 0 Å². The van der Waals surface area contributed by atoms with Crippen molar-refractivity contribution in [2.45, 2.75) is 51.6 Å². The van der Waals surface area contributed by atoms with E-state index in [0.29, 0.717) is 28.5 Å². The van der Waals surface area contributed by atoms with Gasteiger partial charge < -0.3 is 15.5 Å². The molecule has 2 atom stereocenters. The third kappa shape index (κ3) is 6.98. The first-order valence-electron chi connectivity index (χ1n) is 9.17. The Bertz CT molecular complexity index is 657. The van der Waals surface area contributed by atoms with Crippen molar-refractivity contribution in [3.63, 3.8) is 0 Å². The van der Waals surface area contributed by atoms with E-state index < -0.39 is 0 Å². The Morgan fingerprint density at radius 2 is 2.11 bits per heavy atom. The van der Waals surface area contributed by atoms with Gasteiger partial charge in [0.1, 0.15) is 0 Å². The molecule has 5 nitrogen and oxygen atoms in total. The molecular weight excluding hydrogens is 498 g/mol. The van der Waals surface area contributed by atoms with Crippen LogP contribution in [0.2, 0.25) is 10.0 Å². The number of hydrogen-bond donors (Lipinski definition) is 2. The molecular formula is C19H29Cl2IN4O. The Kier molecular flexibility index (Phi) is 10.8. The van der Waals surface area contributed by atoms with E-state index in [0.717, 1.165) is 37.9 Å². The Morgan fingerprint density at radius 3 is 2.67 bits per heavy atom. The third-order valence-electron chi connectivity index (χ3n) is 4.80. The maximum absolute atomic E-state index is 11.9. The van der Waals surface area contributed by atoms with Gasteiger partial charge in [0.15, 0.2) is 5.96 Å². The smallest absolute Gasteiger partial charge is 0.222 e. The quantitative estimate of drug-likeness (QED) is 0.309. The Hall–Kier alpha value is -0.730. The molecule has 0 aromatic heterocycles. The summed E-state index contributed by atoms with van der Waals surface area (Å²) < 4.78 is 0. The molecule has 0 saturated carbocycles. The second-order valence-corrected chi connectivity index (χ2v) is 7.42. The molecule has 1 aliphatic rings. The standard InChI is InChI=1S/C19H28Cl2N4O.HI/c1-4-15(25-11-5-6-18(25)26)9-10-23-19(22-3)24-13(2)16-8-7-14(20)12-17(16)21;/h7-8,12-13,15H,4-6,9-11H2,1-3H3,(H2,22,23,24);1H. The predicted octanol–water partition coefficient (Wildman–Crippen LogP) is 4.63. The first-order valence-corrected chi connectivity index (χ1v) is 9.93. The number of carbonyl (C=O) groups is 1. The van der Waals surface area contributed by atoms with E-state index in [-0.39, 0.29) is 35.9 Å². The number of nitrogens with zero attached hydrogens (tertiary/aromatic N) is 2. The number of benzene rings is 1. The van der Waals surface area contributed by atoms with Gasteiger partial charge in [0, 0.05) is 42.6 Å². The van der Waals surface area contributed by atoms with E-state index in [1.54, 1.807) is 13.1 Å². The molecule has 1 aromatic carbocycles. The molecule has 2 N–H and O–H groups in total. The number of carbonyl (C=O) groups excluding carboxylic acids is 1. The molecule has 0 spiro atoms. The van der Waals surface area contributed by atoms with Crippen LogP contribution in [0.4, 0.5) is 0 Å². The zero-order valence-corrected chi connectivity index (χ0v) is 19.9. The fourth-order valence-electron chi connectivity index (χ4n) is 3.32. The molecule has 2 rings (SSSR count). The number of nitrogens with one attached hydrogen (secondary N) is 2. The Balaban J connectivity index is 0.00000364. The van der Waals surface area contributed by atoms with Gasteiger partial charge in [0.25, 0.3) is 0 Å². The average Bonchev–Trinajstić information content (AvgIpc) is 3.03. The van der Waals surface area contributed by atoms with Crippen molar-refractivity contribution < 1.29 is 4.79 Å². The van der Waals surface area contributed by atoms with E-state index in [2.05, 4.69) is 22.5 Å². The van der Waals surface area contributed by atoms with Crippen LogP contribution in [-0.2, 0) is 4.79 Å². The SMILES string of the molecule is CCC(CCNC(=NC)NC(C)c1ccc(Cl)cc1Cl)N1CCCC1=O.I. The van der Waals surface area contributed by atoms with Gasteiger partial charge >= 0.3 is 0 Å². The first-order chi connectivity index (χ1) is 12.5. The van der Waals surface area contributed by atoms with Crippen LogP contribution in [0.15, 0.2) is 23.2 Å². The molecule has 2 unspecified atom stereocenters. The van der Waals surface area contributed by atoms with Crippen LogP contribution in [0.1, 0.15) is 51.1 Å². The summed E-state index contributed by atoms with van der Waals surface area (Å²) in [5.41, 5.74) is 0.966. The largest absolute Gasteiger partial charge is 0.356 e. The summed E-state index contributed by atoms with van der Waals surface area (Å²) in [4.78, 5) is 18.2. The molecule has 0 radical (unpaired) electrons. The number of amides is 1. The second-order valence-electron chi connectivity index (χ2n) is 6.57. The number of hydrogen-bond acceptors (Lipinski definition) is 2.